The summed E-state index contributed by atoms with van der Waals surface area (Å²) in [6, 6.07) is 17.3. The fourth-order valence-electron chi connectivity index (χ4n) is 2.36. The molecule has 122 valence electrons. The molecule has 0 spiro atoms. The van der Waals surface area contributed by atoms with Gasteiger partial charge in [0.05, 0.1) is 0 Å². The van der Waals surface area contributed by atoms with Crippen LogP contribution in [0.15, 0.2) is 59.7 Å². The molecular weight excluding hydrogens is 304 g/mol. The molecule has 24 heavy (non-hydrogen) atoms. The molecule has 0 radical (unpaired) electrons. The van der Waals surface area contributed by atoms with Crippen molar-refractivity contribution < 1.29 is 9.59 Å². The van der Waals surface area contributed by atoms with E-state index >= 15 is 0 Å². The number of nitrogens with one attached hydrogen (secondary N) is 2. The van der Waals surface area contributed by atoms with E-state index in [2.05, 4.69) is 15.7 Å². The van der Waals surface area contributed by atoms with Crippen LogP contribution >= 0.6 is 0 Å². The molecule has 1 aliphatic rings. The molecule has 1 aliphatic heterocycles. The van der Waals surface area contributed by atoms with Crippen molar-refractivity contribution in [2.45, 2.75) is 12.8 Å². The van der Waals surface area contributed by atoms with E-state index in [9.17, 15) is 9.59 Å². The highest BCUT2D eigenvalue weighted by Crippen LogP contribution is 2.19. The van der Waals surface area contributed by atoms with Crippen molar-refractivity contribution in [3.05, 3.63) is 54.6 Å². The quantitative estimate of drug-likeness (QED) is 0.909. The van der Waals surface area contributed by atoms with E-state index in [1.807, 2.05) is 54.6 Å². The van der Waals surface area contributed by atoms with Gasteiger partial charge in [-0.15, -0.1) is 0 Å². The van der Waals surface area contributed by atoms with Gasteiger partial charge in [0.2, 0.25) is 5.91 Å². The number of anilines is 3. The Labute approximate surface area is 140 Å². The molecule has 0 aliphatic carbocycles. The van der Waals surface area contributed by atoms with Gasteiger partial charge in [0.15, 0.2) is 0 Å². The molecule has 2 aromatic rings. The van der Waals surface area contributed by atoms with E-state index in [0.29, 0.717) is 24.2 Å². The van der Waals surface area contributed by atoms with Crippen LogP contribution in [0.4, 0.5) is 17.1 Å². The first-order valence-corrected chi connectivity index (χ1v) is 7.69. The first-order chi connectivity index (χ1) is 11.6. The first kappa shape index (κ1) is 15.7. The molecule has 2 aromatic carbocycles. The zero-order valence-corrected chi connectivity index (χ0v) is 13.3. The standard InChI is InChI=1S/C18H18N4O2/c1-22-17(23)12-11-16(21-22)18(24)20-15-9-7-14(8-10-15)19-13-5-3-2-4-6-13/h2-10,19H,11-12H2,1H3,(H,20,24). The van der Waals surface area contributed by atoms with Crippen molar-refractivity contribution in [3.8, 4) is 0 Å². The molecule has 0 unspecified atom stereocenters. The molecular formula is C18H18N4O2. The first-order valence-electron chi connectivity index (χ1n) is 7.69. The van der Waals surface area contributed by atoms with Gasteiger partial charge in [-0.2, -0.15) is 5.10 Å². The molecule has 1 heterocycles. The maximum absolute atomic E-state index is 12.2. The summed E-state index contributed by atoms with van der Waals surface area (Å²) in [5, 5.41) is 11.3. The fraction of sp³-hybridized carbons (Fsp3) is 0.167. The highest BCUT2D eigenvalue weighted by Gasteiger charge is 2.21. The van der Waals surface area contributed by atoms with Crippen LogP contribution in [-0.2, 0) is 9.59 Å². The summed E-state index contributed by atoms with van der Waals surface area (Å²) < 4.78 is 0. The number of para-hydroxylation sites is 1. The average molecular weight is 322 g/mol. The normalized spacial score (nSPS) is 14.1. The fourth-order valence-corrected chi connectivity index (χ4v) is 2.36. The van der Waals surface area contributed by atoms with Crippen molar-refractivity contribution in [1.82, 2.24) is 5.01 Å². The van der Waals surface area contributed by atoms with E-state index < -0.39 is 0 Å². The van der Waals surface area contributed by atoms with Crippen LogP contribution in [0, 0.1) is 0 Å². The molecule has 0 aromatic heterocycles. The van der Waals surface area contributed by atoms with Crippen LogP contribution in [0.3, 0.4) is 0 Å². The van der Waals surface area contributed by atoms with Crippen molar-refractivity contribution in [1.29, 1.82) is 0 Å². The van der Waals surface area contributed by atoms with Crippen LogP contribution < -0.4 is 10.6 Å². The Hall–Kier alpha value is -3.15. The van der Waals surface area contributed by atoms with E-state index in [1.165, 1.54) is 5.01 Å². The van der Waals surface area contributed by atoms with Gasteiger partial charge in [0.25, 0.3) is 5.91 Å². The minimum atomic E-state index is -0.280. The average Bonchev–Trinajstić information content (AvgIpc) is 2.60. The highest BCUT2D eigenvalue weighted by molar-refractivity contribution is 6.43. The molecule has 2 N–H and O–H groups in total. The number of nitrogens with zero attached hydrogens (tertiary/aromatic N) is 2. The third-order valence-electron chi connectivity index (χ3n) is 3.67. The Bertz CT molecular complexity index is 769. The summed E-state index contributed by atoms with van der Waals surface area (Å²) in [5.41, 5.74) is 2.97. The second-order valence-electron chi connectivity index (χ2n) is 5.49. The van der Waals surface area contributed by atoms with Crippen molar-refractivity contribution >= 4 is 34.6 Å². The molecule has 0 fully saturated rings. The van der Waals surface area contributed by atoms with Gasteiger partial charge in [0, 0.05) is 37.0 Å². The van der Waals surface area contributed by atoms with Crippen LogP contribution in [0.1, 0.15) is 12.8 Å². The SMILES string of the molecule is CN1N=C(C(=O)Nc2ccc(Nc3ccccc3)cc2)CCC1=O. The molecule has 0 saturated carbocycles. The third kappa shape index (κ3) is 3.78. The van der Waals surface area contributed by atoms with Gasteiger partial charge in [-0.05, 0) is 36.4 Å². The Kier molecular flexibility index (Phi) is 4.56. The number of carbonyl (C=O) groups is 2. The van der Waals surface area contributed by atoms with Crippen LogP contribution in [-0.4, -0.2) is 29.6 Å². The van der Waals surface area contributed by atoms with Crippen LogP contribution in [0.5, 0.6) is 0 Å². The lowest BCUT2D eigenvalue weighted by Crippen LogP contribution is -2.34. The number of hydrazone groups is 1. The predicted molar refractivity (Wildman–Crippen MR) is 94.2 cm³/mol. The second kappa shape index (κ2) is 6.95. The van der Waals surface area contributed by atoms with E-state index in [-0.39, 0.29) is 11.8 Å². The zero-order valence-electron chi connectivity index (χ0n) is 13.3. The minimum absolute atomic E-state index is 0.0807. The molecule has 2 amide bonds. The number of hydrogen-bond donors (Lipinski definition) is 2. The van der Waals surface area contributed by atoms with E-state index in [1.54, 1.807) is 7.05 Å². The minimum Gasteiger partial charge on any atom is -0.356 e. The Morgan fingerprint density at radius 1 is 0.958 bits per heavy atom. The second-order valence-corrected chi connectivity index (χ2v) is 5.49. The molecule has 6 heteroatoms. The Morgan fingerprint density at radius 3 is 2.25 bits per heavy atom. The van der Waals surface area contributed by atoms with Crippen LogP contribution in [0.2, 0.25) is 0 Å². The van der Waals surface area contributed by atoms with Gasteiger partial charge in [0.1, 0.15) is 5.71 Å². The summed E-state index contributed by atoms with van der Waals surface area (Å²) >= 11 is 0. The topological polar surface area (TPSA) is 73.8 Å². The summed E-state index contributed by atoms with van der Waals surface area (Å²) in [6.07, 6.45) is 0.672. The summed E-state index contributed by atoms with van der Waals surface area (Å²) in [5.74, 6) is -0.360. The number of hydrogen-bond acceptors (Lipinski definition) is 4. The maximum atomic E-state index is 12.2. The van der Waals surface area contributed by atoms with Crippen molar-refractivity contribution in [3.63, 3.8) is 0 Å². The van der Waals surface area contributed by atoms with Gasteiger partial charge < -0.3 is 10.6 Å². The number of carbonyl (C=O) groups excluding carboxylic acids is 2. The lowest BCUT2D eigenvalue weighted by atomic mass is 10.1. The summed E-state index contributed by atoms with van der Waals surface area (Å²) in [6.45, 7) is 0. The van der Waals surface area contributed by atoms with Crippen molar-refractivity contribution in [2.24, 2.45) is 5.10 Å². The van der Waals surface area contributed by atoms with Gasteiger partial charge in [-0.25, -0.2) is 5.01 Å². The molecule has 6 nitrogen and oxygen atoms in total. The molecule has 0 atom stereocenters. The highest BCUT2D eigenvalue weighted by atomic mass is 16.2. The van der Waals surface area contributed by atoms with Gasteiger partial charge in [-0.3, -0.25) is 9.59 Å². The predicted octanol–water partition coefficient (Wildman–Crippen LogP) is 2.98. The van der Waals surface area contributed by atoms with Crippen LogP contribution in [0.25, 0.3) is 0 Å². The largest absolute Gasteiger partial charge is 0.356 e. The Balaban J connectivity index is 1.63. The lowest BCUT2D eigenvalue weighted by molar-refractivity contribution is -0.130. The summed E-state index contributed by atoms with van der Waals surface area (Å²) in [4.78, 5) is 23.6. The summed E-state index contributed by atoms with van der Waals surface area (Å²) in [7, 11) is 1.55. The Morgan fingerprint density at radius 2 is 1.58 bits per heavy atom. The number of rotatable bonds is 4. The zero-order chi connectivity index (χ0) is 16.9. The van der Waals surface area contributed by atoms with Crippen molar-refractivity contribution in [2.75, 3.05) is 17.7 Å². The van der Waals surface area contributed by atoms with Gasteiger partial charge in [-0.1, -0.05) is 18.2 Å². The molecule has 3 rings (SSSR count). The number of benzene rings is 2. The van der Waals surface area contributed by atoms with Gasteiger partial charge >= 0.3 is 0 Å². The molecule has 0 bridgehead atoms. The lowest BCUT2D eigenvalue weighted by Gasteiger charge is -2.19. The van der Waals surface area contributed by atoms with E-state index in [0.717, 1.165) is 11.4 Å². The smallest absolute Gasteiger partial charge is 0.271 e. The number of amides is 2. The molecule has 0 saturated heterocycles. The monoisotopic (exact) mass is 322 g/mol. The maximum Gasteiger partial charge on any atom is 0.271 e. The third-order valence-corrected chi connectivity index (χ3v) is 3.67. The van der Waals surface area contributed by atoms with E-state index in [4.69, 9.17) is 0 Å².